The molecule has 0 saturated carbocycles. The Labute approximate surface area is 165 Å². The molecule has 2 amide bonds. The number of hydrogen-bond acceptors (Lipinski definition) is 3. The van der Waals surface area contributed by atoms with Crippen LogP contribution in [0.15, 0.2) is 66.7 Å². The standard InChI is InChI=1S/C22H16F2N2O3/c23-16-7-5-14(6-8-16)22(28)25-17-9-10-20-19(11-17)26(21(27)13-29-20)12-15-3-1-2-4-18(15)24/h1-11H,12-13H2,(H,25,28). The summed E-state index contributed by atoms with van der Waals surface area (Å²) in [5, 5.41) is 2.71. The SMILES string of the molecule is O=C(Nc1ccc2c(c1)N(Cc1ccccc1F)C(=O)CO2)c1ccc(F)cc1. The number of fused-ring (bicyclic) bond motifs is 1. The van der Waals surface area contributed by atoms with Crippen LogP contribution < -0.4 is 15.0 Å². The fourth-order valence-electron chi connectivity index (χ4n) is 3.05. The molecule has 1 heterocycles. The Morgan fingerprint density at radius 3 is 2.55 bits per heavy atom. The van der Waals surface area contributed by atoms with Gasteiger partial charge in [-0.3, -0.25) is 9.59 Å². The first kappa shape index (κ1) is 18.6. The van der Waals surface area contributed by atoms with Crippen LogP contribution in [-0.4, -0.2) is 18.4 Å². The number of ether oxygens (including phenoxy) is 1. The number of benzene rings is 3. The molecule has 0 bridgehead atoms. The van der Waals surface area contributed by atoms with Crippen molar-refractivity contribution in [3.05, 3.63) is 89.5 Å². The van der Waals surface area contributed by atoms with E-state index in [0.717, 1.165) is 0 Å². The summed E-state index contributed by atoms with van der Waals surface area (Å²) in [5.74, 6) is -1.12. The summed E-state index contributed by atoms with van der Waals surface area (Å²) >= 11 is 0. The monoisotopic (exact) mass is 394 g/mol. The third kappa shape index (κ3) is 3.94. The largest absolute Gasteiger partial charge is 0.482 e. The molecule has 3 aromatic carbocycles. The number of carbonyl (C=O) groups is 2. The Kier molecular flexibility index (Phi) is 4.95. The lowest BCUT2D eigenvalue weighted by Gasteiger charge is -2.30. The average molecular weight is 394 g/mol. The molecule has 0 aliphatic carbocycles. The minimum atomic E-state index is -0.435. The Bertz CT molecular complexity index is 1080. The van der Waals surface area contributed by atoms with Crippen LogP contribution in [-0.2, 0) is 11.3 Å². The van der Waals surface area contributed by atoms with Gasteiger partial charge in [0.2, 0.25) is 0 Å². The van der Waals surface area contributed by atoms with Gasteiger partial charge >= 0.3 is 0 Å². The van der Waals surface area contributed by atoms with Crippen LogP contribution in [0.4, 0.5) is 20.2 Å². The van der Waals surface area contributed by atoms with Crippen LogP contribution in [0.1, 0.15) is 15.9 Å². The Morgan fingerprint density at radius 1 is 1.03 bits per heavy atom. The second-order valence-electron chi connectivity index (χ2n) is 6.50. The third-order valence-electron chi connectivity index (χ3n) is 4.55. The van der Waals surface area contributed by atoms with Crippen molar-refractivity contribution in [2.24, 2.45) is 0 Å². The van der Waals surface area contributed by atoms with Gasteiger partial charge in [-0.05, 0) is 48.5 Å². The lowest BCUT2D eigenvalue weighted by atomic mass is 10.1. The molecule has 4 rings (SSSR count). The van der Waals surface area contributed by atoms with E-state index < -0.39 is 17.5 Å². The topological polar surface area (TPSA) is 58.6 Å². The van der Waals surface area contributed by atoms with Crippen molar-refractivity contribution in [2.45, 2.75) is 6.54 Å². The summed E-state index contributed by atoms with van der Waals surface area (Å²) in [7, 11) is 0. The minimum Gasteiger partial charge on any atom is -0.482 e. The Hall–Kier alpha value is -3.74. The van der Waals surface area contributed by atoms with Gasteiger partial charge in [-0.25, -0.2) is 8.78 Å². The number of halogens is 2. The molecule has 1 aliphatic heterocycles. The second-order valence-corrected chi connectivity index (χ2v) is 6.50. The maximum Gasteiger partial charge on any atom is 0.265 e. The van der Waals surface area contributed by atoms with Gasteiger partial charge in [0.15, 0.2) is 6.61 Å². The second kappa shape index (κ2) is 7.71. The molecule has 0 radical (unpaired) electrons. The number of nitrogens with zero attached hydrogens (tertiary/aromatic N) is 1. The molecule has 5 nitrogen and oxygen atoms in total. The summed E-state index contributed by atoms with van der Waals surface area (Å²) in [5.41, 5.74) is 1.52. The van der Waals surface area contributed by atoms with E-state index in [1.165, 1.54) is 35.2 Å². The minimum absolute atomic E-state index is 0.0389. The Balaban J connectivity index is 1.61. The molecule has 3 aromatic rings. The first-order valence-corrected chi connectivity index (χ1v) is 8.89. The van der Waals surface area contributed by atoms with E-state index in [9.17, 15) is 18.4 Å². The highest BCUT2D eigenvalue weighted by molar-refractivity contribution is 6.05. The van der Waals surface area contributed by atoms with Gasteiger partial charge in [0.05, 0.1) is 12.2 Å². The first-order chi connectivity index (χ1) is 14.0. The molecule has 0 atom stereocenters. The van der Waals surface area contributed by atoms with E-state index >= 15 is 0 Å². The zero-order valence-electron chi connectivity index (χ0n) is 15.2. The maximum atomic E-state index is 14.1. The highest BCUT2D eigenvalue weighted by Gasteiger charge is 2.27. The third-order valence-corrected chi connectivity index (χ3v) is 4.55. The van der Waals surface area contributed by atoms with Crippen molar-refractivity contribution < 1.29 is 23.1 Å². The van der Waals surface area contributed by atoms with Crippen molar-refractivity contribution in [3.8, 4) is 5.75 Å². The molecule has 146 valence electrons. The van der Waals surface area contributed by atoms with E-state index in [0.29, 0.717) is 28.3 Å². The predicted octanol–water partition coefficient (Wildman–Crippen LogP) is 4.14. The van der Waals surface area contributed by atoms with Gasteiger partial charge in [0.1, 0.15) is 17.4 Å². The molecule has 1 aliphatic rings. The van der Waals surface area contributed by atoms with Crippen molar-refractivity contribution in [1.82, 2.24) is 0 Å². The first-order valence-electron chi connectivity index (χ1n) is 8.89. The fraction of sp³-hybridized carbons (Fsp3) is 0.0909. The molecule has 29 heavy (non-hydrogen) atoms. The van der Waals surface area contributed by atoms with Crippen LogP contribution in [0.3, 0.4) is 0 Å². The lowest BCUT2D eigenvalue weighted by Crippen LogP contribution is -2.38. The molecule has 0 spiro atoms. The van der Waals surface area contributed by atoms with E-state index in [1.807, 2.05) is 0 Å². The van der Waals surface area contributed by atoms with Crippen molar-refractivity contribution >= 4 is 23.2 Å². The van der Waals surface area contributed by atoms with E-state index in [2.05, 4.69) is 5.32 Å². The number of carbonyl (C=O) groups excluding carboxylic acids is 2. The molecule has 0 aromatic heterocycles. The maximum absolute atomic E-state index is 14.1. The number of rotatable bonds is 4. The number of anilines is 2. The molecule has 0 fully saturated rings. The summed E-state index contributed by atoms with van der Waals surface area (Å²) in [6, 6.07) is 16.2. The van der Waals surface area contributed by atoms with Gasteiger partial charge in [0, 0.05) is 16.8 Å². The van der Waals surface area contributed by atoms with E-state index in [4.69, 9.17) is 4.74 Å². The summed E-state index contributed by atoms with van der Waals surface area (Å²) in [4.78, 5) is 26.2. The number of hydrogen-bond donors (Lipinski definition) is 1. The van der Waals surface area contributed by atoms with Crippen LogP contribution in [0.2, 0.25) is 0 Å². The Morgan fingerprint density at radius 2 is 1.79 bits per heavy atom. The highest BCUT2D eigenvalue weighted by atomic mass is 19.1. The molecular formula is C22H16F2N2O3. The highest BCUT2D eigenvalue weighted by Crippen LogP contribution is 2.35. The summed E-state index contributed by atoms with van der Waals surface area (Å²) < 4.78 is 32.6. The lowest BCUT2D eigenvalue weighted by molar-refractivity contribution is -0.121. The average Bonchev–Trinajstić information content (AvgIpc) is 2.72. The van der Waals surface area contributed by atoms with Gasteiger partial charge < -0.3 is 15.0 Å². The van der Waals surface area contributed by atoms with E-state index in [1.54, 1.807) is 36.4 Å². The molecular weight excluding hydrogens is 378 g/mol. The number of nitrogens with one attached hydrogen (secondary N) is 1. The molecule has 0 unspecified atom stereocenters. The normalized spacial score (nSPS) is 12.9. The van der Waals surface area contributed by atoms with Crippen molar-refractivity contribution in [1.29, 1.82) is 0 Å². The summed E-state index contributed by atoms with van der Waals surface area (Å²) in [6.07, 6.45) is 0. The molecule has 7 heteroatoms. The van der Waals surface area contributed by atoms with Gasteiger partial charge in [-0.1, -0.05) is 18.2 Å². The van der Waals surface area contributed by atoms with Crippen LogP contribution in [0.5, 0.6) is 5.75 Å². The quantitative estimate of drug-likeness (QED) is 0.724. The zero-order chi connectivity index (χ0) is 20.4. The molecule has 0 saturated heterocycles. The summed E-state index contributed by atoms with van der Waals surface area (Å²) in [6.45, 7) is -0.111. The van der Waals surface area contributed by atoms with Gasteiger partial charge in [0.25, 0.3) is 11.8 Å². The molecule has 1 N–H and O–H groups in total. The van der Waals surface area contributed by atoms with Crippen molar-refractivity contribution in [2.75, 3.05) is 16.8 Å². The van der Waals surface area contributed by atoms with Crippen molar-refractivity contribution in [3.63, 3.8) is 0 Å². The van der Waals surface area contributed by atoms with E-state index in [-0.39, 0.29) is 19.1 Å². The van der Waals surface area contributed by atoms with Crippen LogP contribution in [0.25, 0.3) is 0 Å². The van der Waals surface area contributed by atoms with Crippen LogP contribution >= 0.6 is 0 Å². The smallest absolute Gasteiger partial charge is 0.265 e. The van der Waals surface area contributed by atoms with Gasteiger partial charge in [-0.2, -0.15) is 0 Å². The predicted molar refractivity (Wildman–Crippen MR) is 104 cm³/mol. The zero-order valence-corrected chi connectivity index (χ0v) is 15.2. The van der Waals surface area contributed by atoms with Gasteiger partial charge in [-0.15, -0.1) is 0 Å². The number of amides is 2. The fourth-order valence-corrected chi connectivity index (χ4v) is 3.05. The van der Waals surface area contributed by atoms with Crippen LogP contribution in [0, 0.1) is 11.6 Å².